The Morgan fingerprint density at radius 1 is 0.974 bits per heavy atom. The number of fused-ring (bicyclic) bond motifs is 2. The molecule has 200 valence electrons. The van der Waals surface area contributed by atoms with E-state index in [9.17, 15) is 14.9 Å². The Bertz CT molecular complexity index is 1560. The van der Waals surface area contributed by atoms with Crippen molar-refractivity contribution in [2.24, 2.45) is 5.92 Å². The summed E-state index contributed by atoms with van der Waals surface area (Å²) in [5, 5.41) is 18.9. The number of nitriles is 1. The molecule has 0 radical (unpaired) electrons. The van der Waals surface area contributed by atoms with E-state index in [1.54, 1.807) is 6.07 Å². The van der Waals surface area contributed by atoms with Gasteiger partial charge in [-0.1, -0.05) is 48.5 Å². The summed E-state index contributed by atoms with van der Waals surface area (Å²) in [4.78, 5) is 25.6. The van der Waals surface area contributed by atoms with Crippen LogP contribution in [-0.2, 0) is 16.1 Å². The molecule has 0 atom stereocenters. The Morgan fingerprint density at radius 3 is 2.46 bits per heavy atom. The summed E-state index contributed by atoms with van der Waals surface area (Å²) in [6, 6.07) is 24.3. The molecule has 1 fully saturated rings. The fraction of sp³-hybridized carbons (Fsp3) is 0.344. The lowest BCUT2D eigenvalue weighted by atomic mass is 9.85. The van der Waals surface area contributed by atoms with Gasteiger partial charge >= 0.3 is 6.09 Å². The molecule has 0 bridgehead atoms. The number of nitrogens with one attached hydrogen (secondary N) is 2. The Labute approximate surface area is 228 Å². The predicted octanol–water partition coefficient (Wildman–Crippen LogP) is 6.74. The average Bonchev–Trinajstić information content (AvgIpc) is 3.23. The molecule has 1 heterocycles. The molecule has 2 N–H and O–H groups in total. The van der Waals surface area contributed by atoms with E-state index in [4.69, 9.17) is 4.74 Å². The number of nitrogens with zero attached hydrogens (tertiary/aromatic N) is 2. The maximum atomic E-state index is 13.4. The molecular weight excluding hydrogens is 488 g/mol. The van der Waals surface area contributed by atoms with Crippen LogP contribution >= 0.6 is 0 Å². The lowest BCUT2D eigenvalue weighted by Crippen LogP contribution is -2.42. The van der Waals surface area contributed by atoms with Crippen LogP contribution in [0.3, 0.4) is 0 Å². The molecule has 1 aliphatic rings. The van der Waals surface area contributed by atoms with Crippen LogP contribution in [0.25, 0.3) is 21.7 Å². The van der Waals surface area contributed by atoms with Gasteiger partial charge in [-0.05, 0) is 81.0 Å². The highest BCUT2D eigenvalue weighted by Gasteiger charge is 2.29. The molecule has 1 aliphatic carbocycles. The molecule has 0 aliphatic heterocycles. The summed E-state index contributed by atoms with van der Waals surface area (Å²) < 4.78 is 7.46. The molecule has 0 unspecified atom stereocenters. The zero-order valence-corrected chi connectivity index (χ0v) is 22.7. The summed E-state index contributed by atoms with van der Waals surface area (Å²) in [5.41, 5.74) is 2.08. The van der Waals surface area contributed by atoms with Crippen molar-refractivity contribution in [1.82, 2.24) is 9.88 Å². The highest BCUT2D eigenvalue weighted by molar-refractivity contribution is 5.96. The smallest absolute Gasteiger partial charge is 0.407 e. The van der Waals surface area contributed by atoms with Crippen molar-refractivity contribution >= 4 is 39.5 Å². The minimum atomic E-state index is -0.542. The first-order valence-corrected chi connectivity index (χ1v) is 13.5. The molecule has 3 aromatic carbocycles. The van der Waals surface area contributed by atoms with Gasteiger partial charge < -0.3 is 19.9 Å². The van der Waals surface area contributed by atoms with Gasteiger partial charge in [-0.15, -0.1) is 0 Å². The van der Waals surface area contributed by atoms with Gasteiger partial charge in [0.15, 0.2) is 0 Å². The van der Waals surface area contributed by atoms with E-state index in [1.165, 1.54) is 0 Å². The van der Waals surface area contributed by atoms with Crippen LogP contribution < -0.4 is 10.6 Å². The number of hydrogen-bond donors (Lipinski definition) is 2. The molecular formula is C32H34N4O3. The van der Waals surface area contributed by atoms with Gasteiger partial charge in [0, 0.05) is 17.3 Å². The average molecular weight is 523 g/mol. The quantitative estimate of drug-likeness (QED) is 0.303. The van der Waals surface area contributed by atoms with Crippen LogP contribution in [0, 0.1) is 17.2 Å². The van der Waals surface area contributed by atoms with Gasteiger partial charge in [0.2, 0.25) is 5.91 Å². The van der Waals surface area contributed by atoms with Gasteiger partial charge in [-0.3, -0.25) is 4.79 Å². The van der Waals surface area contributed by atoms with Gasteiger partial charge in [0.05, 0.1) is 23.7 Å². The van der Waals surface area contributed by atoms with Gasteiger partial charge in [0.25, 0.3) is 0 Å². The van der Waals surface area contributed by atoms with E-state index >= 15 is 0 Å². The van der Waals surface area contributed by atoms with Crippen LogP contribution in [0.5, 0.6) is 0 Å². The zero-order chi connectivity index (χ0) is 27.6. The van der Waals surface area contributed by atoms with Gasteiger partial charge in [0.1, 0.15) is 11.4 Å². The summed E-state index contributed by atoms with van der Waals surface area (Å²) in [5.74, 6) is 0.556. The monoisotopic (exact) mass is 522 g/mol. The molecule has 7 nitrogen and oxygen atoms in total. The maximum absolute atomic E-state index is 13.4. The highest BCUT2D eigenvalue weighted by atomic mass is 16.6. The molecule has 0 saturated heterocycles. The SMILES string of the molecule is CC(C)(C)OC(=O)NC1CCC(C(=O)Nc2cc3ccc(C#N)cc3n2Cc2cccc3ccccc23)CC1. The molecule has 1 saturated carbocycles. The largest absolute Gasteiger partial charge is 0.444 e. The fourth-order valence-electron chi connectivity index (χ4n) is 5.40. The van der Waals surface area contributed by atoms with Crippen molar-refractivity contribution in [3.8, 4) is 6.07 Å². The minimum absolute atomic E-state index is 0.00566. The fourth-order valence-corrected chi connectivity index (χ4v) is 5.40. The second-order valence-corrected chi connectivity index (χ2v) is 11.3. The Balaban J connectivity index is 1.35. The van der Waals surface area contributed by atoms with E-state index in [2.05, 4.69) is 45.5 Å². The number of anilines is 1. The van der Waals surface area contributed by atoms with Crippen LogP contribution in [-0.4, -0.2) is 28.2 Å². The molecule has 1 aromatic heterocycles. The summed E-state index contributed by atoms with van der Waals surface area (Å²) in [6.45, 7) is 6.08. The van der Waals surface area contributed by atoms with Crippen molar-refractivity contribution in [3.05, 3.63) is 77.9 Å². The molecule has 0 spiro atoms. The number of rotatable bonds is 5. The van der Waals surface area contributed by atoms with Crippen molar-refractivity contribution in [1.29, 1.82) is 5.26 Å². The molecule has 7 heteroatoms. The number of carbonyl (C=O) groups excluding carboxylic acids is 2. The van der Waals surface area contributed by atoms with Crippen LogP contribution in [0.4, 0.5) is 10.6 Å². The summed E-state index contributed by atoms with van der Waals surface area (Å²) in [7, 11) is 0. The zero-order valence-electron chi connectivity index (χ0n) is 22.7. The number of benzene rings is 3. The third kappa shape index (κ3) is 6.06. The Kier molecular flexibility index (Phi) is 7.30. The standard InChI is InChI=1S/C32H34N4O3/c1-32(2,3)39-31(38)34-26-15-13-23(14-16-26)30(37)35-29-18-24-12-11-21(19-33)17-28(24)36(29)20-25-9-6-8-22-7-4-5-10-27(22)25/h4-12,17-18,23,26H,13-16,20H2,1-3H3,(H,34,38)(H,35,37). The van der Waals surface area contributed by atoms with Crippen molar-refractivity contribution in [2.75, 3.05) is 5.32 Å². The van der Waals surface area contributed by atoms with Crippen molar-refractivity contribution in [3.63, 3.8) is 0 Å². The molecule has 2 amide bonds. The van der Waals surface area contributed by atoms with E-state index in [-0.39, 0.29) is 17.9 Å². The molecule has 5 rings (SSSR count). The third-order valence-corrected chi connectivity index (χ3v) is 7.31. The van der Waals surface area contributed by atoms with E-state index < -0.39 is 11.7 Å². The Hall–Kier alpha value is -4.31. The van der Waals surface area contributed by atoms with Gasteiger partial charge in [-0.2, -0.15) is 5.26 Å². The van der Waals surface area contributed by atoms with E-state index in [1.807, 2.05) is 57.2 Å². The summed E-state index contributed by atoms with van der Waals surface area (Å²) in [6.07, 6.45) is 2.41. The van der Waals surface area contributed by atoms with Crippen LogP contribution in [0.1, 0.15) is 57.6 Å². The van der Waals surface area contributed by atoms with Crippen molar-refractivity contribution < 1.29 is 14.3 Å². The second kappa shape index (κ2) is 10.8. The number of aromatic nitrogens is 1. The van der Waals surface area contributed by atoms with E-state index in [0.29, 0.717) is 30.8 Å². The molecule has 4 aromatic rings. The van der Waals surface area contributed by atoms with E-state index in [0.717, 1.165) is 40.1 Å². The first-order valence-electron chi connectivity index (χ1n) is 13.5. The highest BCUT2D eigenvalue weighted by Crippen LogP contribution is 2.31. The van der Waals surface area contributed by atoms with Crippen LogP contribution in [0.2, 0.25) is 0 Å². The van der Waals surface area contributed by atoms with Crippen molar-refractivity contribution in [2.45, 2.75) is 64.6 Å². The second-order valence-electron chi connectivity index (χ2n) is 11.3. The summed E-state index contributed by atoms with van der Waals surface area (Å²) >= 11 is 0. The van der Waals surface area contributed by atoms with Crippen LogP contribution in [0.15, 0.2) is 66.7 Å². The Morgan fingerprint density at radius 2 is 1.72 bits per heavy atom. The minimum Gasteiger partial charge on any atom is -0.444 e. The molecule has 39 heavy (non-hydrogen) atoms. The number of ether oxygens (including phenoxy) is 1. The maximum Gasteiger partial charge on any atom is 0.407 e. The third-order valence-electron chi connectivity index (χ3n) is 7.31. The topological polar surface area (TPSA) is 96.2 Å². The first-order chi connectivity index (χ1) is 18.7. The number of carbonyl (C=O) groups is 2. The normalized spacial score (nSPS) is 17.5. The number of hydrogen-bond acceptors (Lipinski definition) is 4. The lowest BCUT2D eigenvalue weighted by molar-refractivity contribution is -0.120. The first kappa shape index (κ1) is 26.3. The number of alkyl carbamates (subject to hydrolysis) is 1. The predicted molar refractivity (Wildman–Crippen MR) is 153 cm³/mol. The lowest BCUT2D eigenvalue weighted by Gasteiger charge is -2.29. The number of amides is 2. The van der Waals surface area contributed by atoms with Gasteiger partial charge in [-0.25, -0.2) is 4.79 Å².